The van der Waals surface area contributed by atoms with Crippen molar-refractivity contribution in [2.75, 3.05) is 0 Å². The molecule has 1 amide bonds. The van der Waals surface area contributed by atoms with E-state index in [-0.39, 0.29) is 5.91 Å². The lowest BCUT2D eigenvalue weighted by atomic mass is 10.1. The molecule has 0 radical (unpaired) electrons. The molecule has 2 N–H and O–H groups in total. The highest BCUT2D eigenvalue weighted by Gasteiger charge is 2.09. The average Bonchev–Trinajstić information content (AvgIpc) is 3.14. The number of carbonyl (C=O) groups is 1. The quantitative estimate of drug-likeness (QED) is 0.553. The summed E-state index contributed by atoms with van der Waals surface area (Å²) in [5.74, 6) is 0.250. The van der Waals surface area contributed by atoms with Gasteiger partial charge in [-0.15, -0.1) is 11.3 Å². The summed E-state index contributed by atoms with van der Waals surface area (Å²) < 4.78 is 0. The van der Waals surface area contributed by atoms with E-state index in [9.17, 15) is 4.79 Å². The van der Waals surface area contributed by atoms with Crippen LogP contribution >= 0.6 is 11.3 Å². The topological polar surface area (TPSA) is 57.2 Å². The summed E-state index contributed by atoms with van der Waals surface area (Å²) in [6.07, 6.45) is 3.54. The van der Waals surface area contributed by atoms with Crippen molar-refractivity contribution in [3.63, 3.8) is 0 Å². The van der Waals surface area contributed by atoms with Crippen molar-refractivity contribution in [2.24, 2.45) is 5.10 Å². The maximum atomic E-state index is 12.0. The highest BCUT2D eigenvalue weighted by molar-refractivity contribution is 7.10. The first-order valence-corrected chi connectivity index (χ1v) is 8.01. The lowest BCUT2D eigenvalue weighted by molar-refractivity contribution is 0.0955. The van der Waals surface area contributed by atoms with Gasteiger partial charge in [0.15, 0.2) is 0 Å². The number of para-hydroxylation sites is 1. The van der Waals surface area contributed by atoms with E-state index in [1.165, 1.54) is 4.88 Å². The van der Waals surface area contributed by atoms with E-state index in [0.717, 1.165) is 16.5 Å². The second-order valence-electron chi connectivity index (χ2n) is 5.38. The van der Waals surface area contributed by atoms with Crippen LogP contribution in [0.1, 0.15) is 40.6 Å². The maximum absolute atomic E-state index is 12.0. The van der Waals surface area contributed by atoms with Crippen LogP contribution < -0.4 is 5.43 Å². The summed E-state index contributed by atoms with van der Waals surface area (Å²) in [5, 5.41) is 7.00. The zero-order valence-corrected chi connectivity index (χ0v) is 13.3. The van der Waals surface area contributed by atoms with Gasteiger partial charge in [-0.05, 0) is 18.1 Å². The molecule has 5 heteroatoms. The van der Waals surface area contributed by atoms with Gasteiger partial charge in [0.1, 0.15) is 0 Å². The van der Waals surface area contributed by atoms with Crippen LogP contribution in [0.5, 0.6) is 0 Å². The van der Waals surface area contributed by atoms with Crippen molar-refractivity contribution >= 4 is 34.4 Å². The Labute approximate surface area is 132 Å². The molecule has 0 unspecified atom stereocenters. The van der Waals surface area contributed by atoms with Gasteiger partial charge >= 0.3 is 0 Å². The molecule has 0 aliphatic rings. The van der Waals surface area contributed by atoms with Crippen LogP contribution in [0.25, 0.3) is 10.9 Å². The number of H-pyrrole nitrogens is 1. The number of carbonyl (C=O) groups excluding carboxylic acids is 1. The first-order chi connectivity index (χ1) is 10.6. The summed E-state index contributed by atoms with van der Waals surface area (Å²) >= 11 is 1.60. The SMILES string of the molecule is CC(C)c1cc(C(=O)N/N=C/c2c[nH]c3ccccc23)cs1. The first kappa shape index (κ1) is 14.5. The van der Waals surface area contributed by atoms with E-state index >= 15 is 0 Å². The predicted molar refractivity (Wildman–Crippen MR) is 91.8 cm³/mol. The Hall–Kier alpha value is -2.40. The lowest BCUT2D eigenvalue weighted by Crippen LogP contribution is -2.16. The van der Waals surface area contributed by atoms with Crippen LogP contribution in [0.3, 0.4) is 0 Å². The van der Waals surface area contributed by atoms with E-state index in [1.807, 2.05) is 41.9 Å². The van der Waals surface area contributed by atoms with Gasteiger partial charge in [0.05, 0.1) is 11.8 Å². The van der Waals surface area contributed by atoms with Gasteiger partial charge in [-0.25, -0.2) is 5.43 Å². The Bertz CT molecular complexity index is 829. The molecule has 0 fully saturated rings. The van der Waals surface area contributed by atoms with Crippen molar-refractivity contribution in [1.82, 2.24) is 10.4 Å². The minimum atomic E-state index is -0.181. The summed E-state index contributed by atoms with van der Waals surface area (Å²) in [4.78, 5) is 16.4. The van der Waals surface area contributed by atoms with E-state index < -0.39 is 0 Å². The van der Waals surface area contributed by atoms with Crippen LogP contribution in [0.4, 0.5) is 0 Å². The third kappa shape index (κ3) is 2.94. The van der Waals surface area contributed by atoms with Crippen LogP contribution in [0, 0.1) is 0 Å². The van der Waals surface area contributed by atoms with Crippen molar-refractivity contribution in [3.05, 3.63) is 57.9 Å². The molecule has 3 aromatic rings. The molecule has 1 aromatic carbocycles. The van der Waals surface area contributed by atoms with E-state index in [1.54, 1.807) is 17.6 Å². The van der Waals surface area contributed by atoms with E-state index in [2.05, 4.69) is 29.4 Å². The Balaban J connectivity index is 1.70. The number of nitrogens with one attached hydrogen (secondary N) is 2. The van der Waals surface area contributed by atoms with Crippen molar-refractivity contribution in [2.45, 2.75) is 19.8 Å². The summed E-state index contributed by atoms with van der Waals surface area (Å²) in [6.45, 7) is 4.23. The molecular weight excluding hydrogens is 294 g/mol. The van der Waals surface area contributed by atoms with Crippen molar-refractivity contribution in [1.29, 1.82) is 0 Å². The number of hydrogen-bond acceptors (Lipinski definition) is 3. The van der Waals surface area contributed by atoms with Gasteiger partial charge in [0.25, 0.3) is 5.91 Å². The van der Waals surface area contributed by atoms with Gasteiger partial charge in [-0.3, -0.25) is 4.79 Å². The minimum Gasteiger partial charge on any atom is -0.361 e. The Morgan fingerprint density at radius 3 is 2.95 bits per heavy atom. The second-order valence-corrected chi connectivity index (χ2v) is 6.32. The molecule has 112 valence electrons. The predicted octanol–water partition coefficient (Wildman–Crippen LogP) is 4.12. The Morgan fingerprint density at radius 1 is 1.36 bits per heavy atom. The van der Waals surface area contributed by atoms with E-state index in [4.69, 9.17) is 0 Å². The number of hydrazone groups is 1. The van der Waals surface area contributed by atoms with Gasteiger partial charge in [-0.1, -0.05) is 32.0 Å². The van der Waals surface area contributed by atoms with Crippen molar-refractivity contribution in [3.8, 4) is 0 Å². The van der Waals surface area contributed by atoms with Gasteiger partial charge in [0.2, 0.25) is 0 Å². The van der Waals surface area contributed by atoms with Gasteiger partial charge in [0, 0.05) is 32.9 Å². The third-order valence-corrected chi connectivity index (χ3v) is 4.68. The normalized spacial score (nSPS) is 11.6. The minimum absolute atomic E-state index is 0.181. The molecule has 0 atom stereocenters. The lowest BCUT2D eigenvalue weighted by Gasteiger charge is -1.98. The molecule has 0 saturated carbocycles. The Kier molecular flexibility index (Phi) is 4.06. The van der Waals surface area contributed by atoms with Gasteiger partial charge < -0.3 is 4.98 Å². The number of aromatic nitrogens is 1. The molecular formula is C17H17N3OS. The number of thiophene rings is 1. The zero-order valence-electron chi connectivity index (χ0n) is 12.5. The maximum Gasteiger partial charge on any atom is 0.272 e. The number of rotatable bonds is 4. The summed E-state index contributed by atoms with van der Waals surface area (Å²) in [5.41, 5.74) is 5.23. The fraction of sp³-hybridized carbons (Fsp3) is 0.176. The van der Waals surface area contributed by atoms with Crippen LogP contribution in [0.2, 0.25) is 0 Å². The molecule has 4 nitrogen and oxygen atoms in total. The molecule has 22 heavy (non-hydrogen) atoms. The molecule has 0 aliphatic heterocycles. The van der Waals surface area contributed by atoms with E-state index in [0.29, 0.717) is 11.5 Å². The zero-order chi connectivity index (χ0) is 15.5. The standard InChI is InChI=1S/C17H17N3OS/c1-11(2)16-7-12(10-22-16)17(21)20-19-9-13-8-18-15-6-4-3-5-14(13)15/h3-11,18H,1-2H3,(H,20,21)/b19-9+. The van der Waals surface area contributed by atoms with Crippen molar-refractivity contribution < 1.29 is 4.79 Å². The molecule has 0 spiro atoms. The second kappa shape index (κ2) is 6.15. The average molecular weight is 311 g/mol. The van der Waals surface area contributed by atoms with Crippen LogP contribution in [-0.4, -0.2) is 17.1 Å². The van der Waals surface area contributed by atoms with Crippen LogP contribution in [-0.2, 0) is 0 Å². The summed E-state index contributed by atoms with van der Waals surface area (Å²) in [6, 6.07) is 9.90. The molecule has 3 rings (SSSR count). The number of hydrogen-bond donors (Lipinski definition) is 2. The number of benzene rings is 1. The fourth-order valence-electron chi connectivity index (χ4n) is 2.20. The molecule has 2 heterocycles. The highest BCUT2D eigenvalue weighted by atomic mass is 32.1. The largest absolute Gasteiger partial charge is 0.361 e. The monoisotopic (exact) mass is 311 g/mol. The fourth-order valence-corrected chi connectivity index (χ4v) is 3.11. The molecule has 0 bridgehead atoms. The summed E-state index contributed by atoms with van der Waals surface area (Å²) in [7, 11) is 0. The number of amides is 1. The number of nitrogens with zero attached hydrogens (tertiary/aromatic N) is 1. The molecule has 0 saturated heterocycles. The molecule has 0 aliphatic carbocycles. The first-order valence-electron chi connectivity index (χ1n) is 7.13. The smallest absolute Gasteiger partial charge is 0.272 e. The number of aromatic amines is 1. The molecule has 2 aromatic heterocycles. The highest BCUT2D eigenvalue weighted by Crippen LogP contribution is 2.23. The number of fused-ring (bicyclic) bond motifs is 1. The Morgan fingerprint density at radius 2 is 2.18 bits per heavy atom. The van der Waals surface area contributed by atoms with Crippen LogP contribution in [0.15, 0.2) is 47.0 Å². The van der Waals surface area contributed by atoms with Gasteiger partial charge in [-0.2, -0.15) is 5.10 Å². The third-order valence-electron chi connectivity index (χ3n) is 3.44.